The third-order valence-corrected chi connectivity index (χ3v) is 6.68. The van der Waals surface area contributed by atoms with Crippen molar-refractivity contribution in [2.24, 2.45) is 0 Å². The van der Waals surface area contributed by atoms with Gasteiger partial charge in [0.15, 0.2) is 5.60 Å². The van der Waals surface area contributed by atoms with Crippen LogP contribution >= 0.6 is 11.6 Å². The topological polar surface area (TPSA) is 87.7 Å². The standard InChI is InChI=1S/C37H53ClN2O4/c1-4-5-6-7-8-9-10-11-12-13-14-15-16-17-18-19-20-21-22-23-35(42)39-30-28-33(41)29-31-40-36(43)37(2,3)44-34-26-24-32(38)25-27-34/h5-6,8-9,11-12,14-15,17-18,20-21,24-27,33,41H,4,7,10,13,16,19,22-23,28-31H2,1-3H3,(H,39,42)(H,40,43)/b6-5-,9-8-,12-11-,15-14-,18-17-,21-20-. The normalized spacial score (nSPS) is 13.3. The lowest BCUT2D eigenvalue weighted by Crippen LogP contribution is -2.47. The number of aliphatic hydroxyl groups excluding tert-OH is 1. The average Bonchev–Trinajstić information content (AvgIpc) is 2.99. The average molecular weight is 625 g/mol. The van der Waals surface area contributed by atoms with Gasteiger partial charge in [-0.15, -0.1) is 0 Å². The third kappa shape index (κ3) is 21.4. The van der Waals surface area contributed by atoms with E-state index in [4.69, 9.17) is 16.3 Å². The number of ether oxygens (including phenoxy) is 1. The molecule has 0 bridgehead atoms. The molecular weight excluding hydrogens is 572 g/mol. The Hall–Kier alpha value is -3.35. The van der Waals surface area contributed by atoms with Gasteiger partial charge in [-0.1, -0.05) is 91.4 Å². The van der Waals surface area contributed by atoms with Crippen molar-refractivity contribution in [2.75, 3.05) is 13.1 Å². The van der Waals surface area contributed by atoms with Gasteiger partial charge in [-0.3, -0.25) is 9.59 Å². The first kappa shape index (κ1) is 38.7. The van der Waals surface area contributed by atoms with Gasteiger partial charge in [0.25, 0.3) is 5.91 Å². The number of amides is 2. The molecule has 6 nitrogen and oxygen atoms in total. The molecule has 0 heterocycles. The molecule has 242 valence electrons. The summed E-state index contributed by atoms with van der Waals surface area (Å²) in [6, 6.07) is 6.81. The molecule has 1 rings (SSSR count). The van der Waals surface area contributed by atoms with Gasteiger partial charge >= 0.3 is 0 Å². The van der Waals surface area contributed by atoms with Gasteiger partial charge < -0.3 is 20.5 Å². The number of carbonyl (C=O) groups excluding carboxylic acids is 2. The van der Waals surface area contributed by atoms with Crippen LogP contribution in [-0.4, -0.2) is 41.7 Å². The van der Waals surface area contributed by atoms with E-state index in [-0.39, 0.29) is 11.8 Å². The molecule has 0 aromatic heterocycles. The molecule has 0 aliphatic heterocycles. The number of carbonyl (C=O) groups is 2. The molecule has 44 heavy (non-hydrogen) atoms. The van der Waals surface area contributed by atoms with Crippen LogP contribution in [0.3, 0.4) is 0 Å². The lowest BCUT2D eigenvalue weighted by molar-refractivity contribution is -0.134. The van der Waals surface area contributed by atoms with E-state index in [1.54, 1.807) is 38.1 Å². The largest absolute Gasteiger partial charge is 0.478 e. The van der Waals surface area contributed by atoms with Crippen molar-refractivity contribution in [1.82, 2.24) is 10.6 Å². The SMILES string of the molecule is CC/C=C\C/C=C\C/C=C\C/C=C\C/C=C\C/C=C\CCC(=O)NCCC(O)CCNC(=O)C(C)(C)Oc1ccc(Cl)cc1. The lowest BCUT2D eigenvalue weighted by atomic mass is 10.1. The highest BCUT2D eigenvalue weighted by atomic mass is 35.5. The molecule has 0 spiro atoms. The molecule has 0 aliphatic rings. The molecule has 1 unspecified atom stereocenters. The van der Waals surface area contributed by atoms with E-state index in [9.17, 15) is 14.7 Å². The molecular formula is C37H53ClN2O4. The van der Waals surface area contributed by atoms with Gasteiger partial charge in [0, 0.05) is 24.5 Å². The minimum absolute atomic E-state index is 0.0360. The molecule has 1 aromatic carbocycles. The predicted octanol–water partition coefficient (Wildman–Crippen LogP) is 8.35. The molecule has 0 saturated carbocycles. The predicted molar refractivity (Wildman–Crippen MR) is 185 cm³/mol. The van der Waals surface area contributed by atoms with Gasteiger partial charge in [0.05, 0.1) is 6.10 Å². The fourth-order valence-electron chi connectivity index (χ4n) is 3.87. The van der Waals surface area contributed by atoms with Crippen molar-refractivity contribution in [3.8, 4) is 5.75 Å². The number of nitrogens with one attached hydrogen (secondary N) is 2. The molecule has 0 aliphatic carbocycles. The second-order valence-corrected chi connectivity index (χ2v) is 11.3. The van der Waals surface area contributed by atoms with Gasteiger partial charge in [0.1, 0.15) is 5.75 Å². The summed E-state index contributed by atoms with van der Waals surface area (Å²) in [6.45, 7) is 6.21. The number of aliphatic hydroxyl groups is 1. The Morgan fingerprint density at radius 3 is 1.73 bits per heavy atom. The van der Waals surface area contributed by atoms with Crippen LogP contribution in [-0.2, 0) is 9.59 Å². The number of rotatable bonds is 23. The van der Waals surface area contributed by atoms with Crippen molar-refractivity contribution >= 4 is 23.4 Å². The Bertz CT molecular complexity index is 1100. The Balaban J connectivity index is 2.04. The second kappa shape index (κ2) is 25.0. The minimum Gasteiger partial charge on any atom is -0.478 e. The summed E-state index contributed by atoms with van der Waals surface area (Å²) < 4.78 is 5.77. The van der Waals surface area contributed by atoms with Crippen LogP contribution in [0.25, 0.3) is 0 Å². The summed E-state index contributed by atoms with van der Waals surface area (Å²) in [4.78, 5) is 24.6. The van der Waals surface area contributed by atoms with E-state index in [0.29, 0.717) is 49.5 Å². The summed E-state index contributed by atoms with van der Waals surface area (Å²) in [7, 11) is 0. The summed E-state index contributed by atoms with van der Waals surface area (Å²) in [5, 5.41) is 16.4. The van der Waals surface area contributed by atoms with Crippen LogP contribution in [0, 0.1) is 0 Å². The monoisotopic (exact) mass is 624 g/mol. The van der Waals surface area contributed by atoms with Gasteiger partial charge in [-0.2, -0.15) is 0 Å². The van der Waals surface area contributed by atoms with E-state index < -0.39 is 11.7 Å². The van der Waals surface area contributed by atoms with E-state index in [2.05, 4.69) is 84.4 Å². The maximum atomic E-state index is 12.5. The molecule has 0 fully saturated rings. The third-order valence-electron chi connectivity index (χ3n) is 6.43. The maximum absolute atomic E-state index is 12.5. The first-order valence-corrected chi connectivity index (χ1v) is 16.2. The quantitative estimate of drug-likeness (QED) is 0.107. The molecule has 0 radical (unpaired) electrons. The first-order valence-electron chi connectivity index (χ1n) is 15.8. The van der Waals surface area contributed by atoms with Crippen LogP contribution in [0.2, 0.25) is 5.02 Å². The van der Waals surface area contributed by atoms with Crippen LogP contribution in [0.1, 0.15) is 85.0 Å². The minimum atomic E-state index is -1.07. The molecule has 1 aromatic rings. The molecule has 3 N–H and O–H groups in total. The van der Waals surface area contributed by atoms with Gasteiger partial charge in [0.2, 0.25) is 5.91 Å². The number of hydrogen-bond acceptors (Lipinski definition) is 4. The maximum Gasteiger partial charge on any atom is 0.263 e. The van der Waals surface area contributed by atoms with Gasteiger partial charge in [-0.25, -0.2) is 0 Å². The van der Waals surface area contributed by atoms with Crippen molar-refractivity contribution in [3.05, 3.63) is 102 Å². The summed E-state index contributed by atoms with van der Waals surface area (Å²) >= 11 is 5.89. The zero-order valence-electron chi connectivity index (χ0n) is 26.9. The summed E-state index contributed by atoms with van der Waals surface area (Å²) in [5.41, 5.74) is -1.07. The second-order valence-electron chi connectivity index (χ2n) is 10.9. The van der Waals surface area contributed by atoms with Crippen LogP contribution < -0.4 is 15.4 Å². The highest BCUT2D eigenvalue weighted by Crippen LogP contribution is 2.21. The fraction of sp³-hybridized carbons (Fsp3) is 0.459. The van der Waals surface area contributed by atoms with Crippen molar-refractivity contribution in [3.63, 3.8) is 0 Å². The Labute approximate surface area is 270 Å². The number of hydrogen-bond donors (Lipinski definition) is 3. The van der Waals surface area contributed by atoms with Crippen molar-refractivity contribution in [1.29, 1.82) is 0 Å². The first-order chi connectivity index (χ1) is 21.2. The van der Waals surface area contributed by atoms with E-state index in [1.165, 1.54) is 0 Å². The zero-order valence-corrected chi connectivity index (χ0v) is 27.6. The van der Waals surface area contributed by atoms with Crippen LogP contribution in [0.4, 0.5) is 0 Å². The van der Waals surface area contributed by atoms with Crippen molar-refractivity contribution < 1.29 is 19.4 Å². The Morgan fingerprint density at radius 2 is 1.23 bits per heavy atom. The Kier molecular flexibility index (Phi) is 22.0. The number of halogens is 1. The highest BCUT2D eigenvalue weighted by Gasteiger charge is 2.29. The zero-order chi connectivity index (χ0) is 32.3. The van der Waals surface area contributed by atoms with Crippen LogP contribution in [0.15, 0.2) is 97.2 Å². The van der Waals surface area contributed by atoms with Crippen molar-refractivity contribution in [2.45, 2.75) is 96.7 Å². The molecule has 7 heteroatoms. The smallest absolute Gasteiger partial charge is 0.263 e. The molecule has 2 amide bonds. The lowest BCUT2D eigenvalue weighted by Gasteiger charge is -2.25. The Morgan fingerprint density at radius 1 is 0.773 bits per heavy atom. The number of benzene rings is 1. The van der Waals surface area contributed by atoms with Gasteiger partial charge in [-0.05, 0) is 95.9 Å². The van der Waals surface area contributed by atoms with Crippen LogP contribution in [0.5, 0.6) is 5.75 Å². The van der Waals surface area contributed by atoms with E-state index in [1.807, 2.05) is 6.08 Å². The molecule has 0 saturated heterocycles. The summed E-state index contributed by atoms with van der Waals surface area (Å²) in [6.07, 6.45) is 33.0. The fourth-order valence-corrected chi connectivity index (χ4v) is 4.00. The molecule has 1 atom stereocenters. The van der Waals surface area contributed by atoms with E-state index >= 15 is 0 Å². The summed E-state index contributed by atoms with van der Waals surface area (Å²) in [5.74, 6) is 0.236. The highest BCUT2D eigenvalue weighted by molar-refractivity contribution is 6.30. The van der Waals surface area contributed by atoms with E-state index in [0.717, 1.165) is 38.5 Å². The number of allylic oxidation sites excluding steroid dienone is 12.